The predicted molar refractivity (Wildman–Crippen MR) is 90.5 cm³/mol. The first-order valence-electron chi connectivity index (χ1n) is 8.45. The van der Waals surface area contributed by atoms with Crippen LogP contribution < -0.4 is 5.56 Å². The van der Waals surface area contributed by atoms with Crippen molar-refractivity contribution in [1.29, 1.82) is 0 Å². The first-order chi connectivity index (χ1) is 11.9. The van der Waals surface area contributed by atoms with Gasteiger partial charge in [0, 0.05) is 37.0 Å². The van der Waals surface area contributed by atoms with Gasteiger partial charge < -0.3 is 10.0 Å². The van der Waals surface area contributed by atoms with Crippen molar-refractivity contribution in [3.8, 4) is 0 Å². The van der Waals surface area contributed by atoms with Crippen LogP contribution in [0.3, 0.4) is 0 Å². The molecule has 1 aliphatic heterocycles. The summed E-state index contributed by atoms with van der Waals surface area (Å²) in [6.07, 6.45) is 2.15. The number of piperidine rings is 1. The maximum atomic E-state index is 12.5. The molecule has 134 valence electrons. The second-order valence-electron chi connectivity index (χ2n) is 6.59. The van der Waals surface area contributed by atoms with Crippen LogP contribution in [0, 0.1) is 19.8 Å². The van der Waals surface area contributed by atoms with E-state index in [4.69, 9.17) is 5.11 Å². The molecule has 1 unspecified atom stereocenters. The minimum atomic E-state index is -0.838. The first-order valence-corrected chi connectivity index (χ1v) is 8.45. The molecule has 1 aliphatic rings. The van der Waals surface area contributed by atoms with Crippen LogP contribution in [0.15, 0.2) is 10.9 Å². The van der Waals surface area contributed by atoms with Crippen molar-refractivity contribution in [2.75, 3.05) is 13.1 Å². The number of nitrogens with one attached hydrogen (secondary N) is 1. The lowest BCUT2D eigenvalue weighted by atomic mass is 9.97. The monoisotopic (exact) mass is 346 g/mol. The Kier molecular flexibility index (Phi) is 4.61. The summed E-state index contributed by atoms with van der Waals surface area (Å²) in [7, 11) is 0. The predicted octanol–water partition coefficient (Wildman–Crippen LogP) is 0.895. The molecule has 1 saturated heterocycles. The Morgan fingerprint density at radius 1 is 1.40 bits per heavy atom. The van der Waals surface area contributed by atoms with Crippen molar-refractivity contribution in [1.82, 2.24) is 19.5 Å². The summed E-state index contributed by atoms with van der Waals surface area (Å²) < 4.78 is 1.64. The first kappa shape index (κ1) is 17.2. The van der Waals surface area contributed by atoms with E-state index in [2.05, 4.69) is 10.1 Å². The van der Waals surface area contributed by atoms with Gasteiger partial charge in [-0.05, 0) is 38.7 Å². The van der Waals surface area contributed by atoms with Crippen molar-refractivity contribution in [2.24, 2.45) is 5.92 Å². The molecule has 2 aromatic heterocycles. The number of amides is 1. The normalized spacial score (nSPS) is 17.8. The topological polar surface area (TPSA) is 108 Å². The van der Waals surface area contributed by atoms with Crippen molar-refractivity contribution in [3.05, 3.63) is 33.4 Å². The SMILES string of the molecule is Cc1nc2cc(=O)[nH]n2c(C)c1CCC(=O)N1CCCC(C(=O)O)C1. The molecule has 0 aliphatic carbocycles. The third kappa shape index (κ3) is 3.42. The average molecular weight is 346 g/mol. The molecule has 3 rings (SSSR count). The molecule has 0 bridgehead atoms. The van der Waals surface area contributed by atoms with Crippen molar-refractivity contribution >= 4 is 17.5 Å². The zero-order valence-electron chi connectivity index (χ0n) is 14.4. The molecule has 0 saturated carbocycles. The molecule has 1 amide bonds. The highest BCUT2D eigenvalue weighted by Crippen LogP contribution is 2.19. The molecule has 8 heteroatoms. The summed E-state index contributed by atoms with van der Waals surface area (Å²) in [5.74, 6) is -1.34. The summed E-state index contributed by atoms with van der Waals surface area (Å²) in [6, 6.07) is 1.44. The van der Waals surface area contributed by atoms with E-state index >= 15 is 0 Å². The molecule has 3 heterocycles. The van der Waals surface area contributed by atoms with Crippen molar-refractivity contribution in [2.45, 2.75) is 39.5 Å². The number of aliphatic carboxylic acids is 1. The van der Waals surface area contributed by atoms with Crippen LogP contribution in [0.5, 0.6) is 0 Å². The van der Waals surface area contributed by atoms with Crippen LogP contribution in [0.25, 0.3) is 5.65 Å². The molecular formula is C17H22N4O4. The molecule has 0 spiro atoms. The zero-order chi connectivity index (χ0) is 18.1. The number of carboxylic acids is 1. The van der Waals surface area contributed by atoms with Crippen LogP contribution in [-0.4, -0.2) is 49.6 Å². The van der Waals surface area contributed by atoms with Gasteiger partial charge in [-0.2, -0.15) is 0 Å². The summed E-state index contributed by atoms with van der Waals surface area (Å²) in [6.45, 7) is 4.65. The number of carbonyl (C=O) groups excluding carboxylic acids is 1. The van der Waals surface area contributed by atoms with E-state index in [0.29, 0.717) is 31.5 Å². The van der Waals surface area contributed by atoms with Gasteiger partial charge in [-0.1, -0.05) is 0 Å². The van der Waals surface area contributed by atoms with Gasteiger partial charge in [-0.25, -0.2) is 9.50 Å². The maximum Gasteiger partial charge on any atom is 0.308 e. The number of hydrogen-bond donors (Lipinski definition) is 2. The van der Waals surface area contributed by atoms with Gasteiger partial charge in [0.05, 0.1) is 5.92 Å². The van der Waals surface area contributed by atoms with E-state index in [9.17, 15) is 14.4 Å². The number of aromatic amines is 1. The number of rotatable bonds is 4. The molecular weight excluding hydrogens is 324 g/mol. The minimum Gasteiger partial charge on any atom is -0.481 e. The molecule has 2 aromatic rings. The summed E-state index contributed by atoms with van der Waals surface area (Å²) >= 11 is 0. The van der Waals surface area contributed by atoms with Gasteiger partial charge >= 0.3 is 5.97 Å². The van der Waals surface area contributed by atoms with E-state index in [1.807, 2.05) is 13.8 Å². The second-order valence-corrected chi connectivity index (χ2v) is 6.59. The van der Waals surface area contributed by atoms with E-state index in [0.717, 1.165) is 23.4 Å². The van der Waals surface area contributed by atoms with Crippen LogP contribution in [-0.2, 0) is 16.0 Å². The third-order valence-corrected chi connectivity index (χ3v) is 4.91. The number of fused-ring (bicyclic) bond motifs is 1. The van der Waals surface area contributed by atoms with Crippen LogP contribution >= 0.6 is 0 Å². The third-order valence-electron chi connectivity index (χ3n) is 4.91. The number of carboxylic acid groups (broad SMARTS) is 1. The summed E-state index contributed by atoms with van der Waals surface area (Å²) in [4.78, 5) is 41.2. The Bertz CT molecular complexity index is 883. The lowest BCUT2D eigenvalue weighted by Crippen LogP contribution is -2.42. The largest absolute Gasteiger partial charge is 0.481 e. The zero-order valence-corrected chi connectivity index (χ0v) is 14.4. The second kappa shape index (κ2) is 6.70. The summed E-state index contributed by atoms with van der Waals surface area (Å²) in [5, 5.41) is 11.8. The lowest BCUT2D eigenvalue weighted by Gasteiger charge is -2.30. The van der Waals surface area contributed by atoms with E-state index in [1.165, 1.54) is 6.07 Å². The number of nitrogens with zero attached hydrogens (tertiary/aromatic N) is 3. The Labute approximate surface area is 144 Å². The highest BCUT2D eigenvalue weighted by molar-refractivity contribution is 5.78. The number of hydrogen-bond acceptors (Lipinski definition) is 4. The lowest BCUT2D eigenvalue weighted by molar-refractivity contribution is -0.145. The Hall–Kier alpha value is -2.64. The van der Waals surface area contributed by atoms with Crippen LogP contribution in [0.1, 0.15) is 36.2 Å². The number of carbonyl (C=O) groups is 2. The maximum absolute atomic E-state index is 12.5. The van der Waals surface area contributed by atoms with Crippen LogP contribution in [0.2, 0.25) is 0 Å². The van der Waals surface area contributed by atoms with Crippen molar-refractivity contribution in [3.63, 3.8) is 0 Å². The number of likely N-dealkylation sites (tertiary alicyclic amines) is 1. The molecule has 2 N–H and O–H groups in total. The highest BCUT2D eigenvalue weighted by atomic mass is 16.4. The number of aryl methyl sites for hydroxylation is 2. The van der Waals surface area contributed by atoms with Gasteiger partial charge in [0.1, 0.15) is 0 Å². The number of aromatic nitrogens is 3. The van der Waals surface area contributed by atoms with Gasteiger partial charge in [-0.15, -0.1) is 0 Å². The fraction of sp³-hybridized carbons (Fsp3) is 0.529. The molecule has 0 aromatic carbocycles. The standard InChI is InChI=1S/C17H22N4O4/c1-10-13(11(2)21-14(18-10)8-15(22)19-21)5-6-16(23)20-7-3-4-12(9-20)17(24)25/h8,12H,3-7,9H2,1-2H3,(H,19,22)(H,24,25). The average Bonchev–Trinajstić information content (AvgIpc) is 2.95. The summed E-state index contributed by atoms with van der Waals surface area (Å²) in [5.41, 5.74) is 2.94. The Morgan fingerprint density at radius 3 is 2.88 bits per heavy atom. The fourth-order valence-corrected chi connectivity index (χ4v) is 3.51. The molecule has 1 atom stereocenters. The highest BCUT2D eigenvalue weighted by Gasteiger charge is 2.28. The smallest absolute Gasteiger partial charge is 0.308 e. The molecule has 25 heavy (non-hydrogen) atoms. The van der Waals surface area contributed by atoms with Gasteiger partial charge in [0.25, 0.3) is 5.56 Å². The van der Waals surface area contributed by atoms with E-state index in [1.54, 1.807) is 9.42 Å². The van der Waals surface area contributed by atoms with Crippen molar-refractivity contribution < 1.29 is 14.7 Å². The minimum absolute atomic E-state index is 0.0363. The quantitative estimate of drug-likeness (QED) is 0.855. The Morgan fingerprint density at radius 2 is 2.16 bits per heavy atom. The van der Waals surface area contributed by atoms with Gasteiger partial charge in [-0.3, -0.25) is 19.5 Å². The van der Waals surface area contributed by atoms with Gasteiger partial charge in [0.15, 0.2) is 5.65 Å². The number of H-pyrrole nitrogens is 1. The Balaban J connectivity index is 1.73. The van der Waals surface area contributed by atoms with Gasteiger partial charge in [0.2, 0.25) is 5.91 Å². The molecule has 8 nitrogen and oxygen atoms in total. The molecule has 0 radical (unpaired) electrons. The molecule has 1 fully saturated rings. The fourth-order valence-electron chi connectivity index (χ4n) is 3.51. The van der Waals surface area contributed by atoms with E-state index < -0.39 is 11.9 Å². The van der Waals surface area contributed by atoms with Crippen LogP contribution in [0.4, 0.5) is 0 Å². The van der Waals surface area contributed by atoms with E-state index in [-0.39, 0.29) is 18.0 Å².